The summed E-state index contributed by atoms with van der Waals surface area (Å²) >= 11 is 1.63. The third-order valence-corrected chi connectivity index (χ3v) is 3.91. The van der Waals surface area contributed by atoms with E-state index in [2.05, 4.69) is 10.3 Å². The van der Waals surface area contributed by atoms with Gasteiger partial charge in [-0.1, -0.05) is 0 Å². The van der Waals surface area contributed by atoms with Gasteiger partial charge in [0.1, 0.15) is 6.04 Å². The van der Waals surface area contributed by atoms with E-state index in [4.69, 9.17) is 5.11 Å². The number of aryl methyl sites for hydroxylation is 2. The van der Waals surface area contributed by atoms with E-state index in [0.29, 0.717) is 12.5 Å². The van der Waals surface area contributed by atoms with Gasteiger partial charge in [-0.3, -0.25) is 10.1 Å². The fourth-order valence-electron chi connectivity index (χ4n) is 1.83. The van der Waals surface area contributed by atoms with Crippen LogP contribution in [-0.2, 0) is 11.3 Å². The number of rotatable bonds is 5. The molecule has 1 saturated carbocycles. The van der Waals surface area contributed by atoms with E-state index in [9.17, 15) is 4.79 Å². The summed E-state index contributed by atoms with van der Waals surface area (Å²) in [7, 11) is 0. The molecule has 1 fully saturated rings. The molecule has 1 aromatic heterocycles. The quantitative estimate of drug-likeness (QED) is 0.822. The maximum atomic E-state index is 11.0. The van der Waals surface area contributed by atoms with Crippen LogP contribution in [0.1, 0.15) is 28.4 Å². The molecule has 0 aliphatic heterocycles. The highest BCUT2D eigenvalue weighted by molar-refractivity contribution is 7.11. The van der Waals surface area contributed by atoms with Crippen LogP contribution in [0.25, 0.3) is 0 Å². The van der Waals surface area contributed by atoms with Gasteiger partial charge in [-0.2, -0.15) is 0 Å². The predicted octanol–water partition coefficient (Wildman–Crippen LogP) is 1.71. The van der Waals surface area contributed by atoms with E-state index in [1.807, 2.05) is 13.8 Å². The van der Waals surface area contributed by atoms with Crippen LogP contribution in [0.15, 0.2) is 0 Å². The molecule has 0 saturated heterocycles. The summed E-state index contributed by atoms with van der Waals surface area (Å²) in [6, 6.07) is -0.387. The summed E-state index contributed by atoms with van der Waals surface area (Å²) in [5.74, 6) is -0.409. The van der Waals surface area contributed by atoms with Gasteiger partial charge in [0.2, 0.25) is 0 Å². The smallest absolute Gasteiger partial charge is 0.320 e. The molecular formula is C11H16N2O2S. The Balaban J connectivity index is 1.95. The second kappa shape index (κ2) is 4.51. The predicted molar refractivity (Wildman–Crippen MR) is 62.6 cm³/mol. The minimum absolute atomic E-state index is 0.326. The topological polar surface area (TPSA) is 62.2 Å². The Kier molecular flexibility index (Phi) is 3.25. The third kappa shape index (κ3) is 2.59. The van der Waals surface area contributed by atoms with Gasteiger partial charge < -0.3 is 5.11 Å². The van der Waals surface area contributed by atoms with Gasteiger partial charge in [-0.25, -0.2) is 4.98 Å². The van der Waals surface area contributed by atoms with E-state index in [-0.39, 0.29) is 6.04 Å². The van der Waals surface area contributed by atoms with Crippen molar-refractivity contribution in [2.24, 2.45) is 5.92 Å². The van der Waals surface area contributed by atoms with Crippen molar-refractivity contribution in [2.45, 2.75) is 39.3 Å². The van der Waals surface area contributed by atoms with Crippen molar-refractivity contribution in [3.05, 3.63) is 15.6 Å². The van der Waals surface area contributed by atoms with E-state index in [0.717, 1.165) is 28.4 Å². The zero-order chi connectivity index (χ0) is 11.7. The van der Waals surface area contributed by atoms with Crippen molar-refractivity contribution in [1.82, 2.24) is 10.3 Å². The van der Waals surface area contributed by atoms with Gasteiger partial charge in [0.05, 0.1) is 10.7 Å². The Morgan fingerprint density at radius 3 is 2.75 bits per heavy atom. The molecule has 2 N–H and O–H groups in total. The molecule has 0 spiro atoms. The minimum atomic E-state index is -0.735. The lowest BCUT2D eigenvalue weighted by Crippen LogP contribution is -2.37. The van der Waals surface area contributed by atoms with Crippen LogP contribution in [0.2, 0.25) is 0 Å². The number of thiazole rings is 1. The second-order valence-corrected chi connectivity index (χ2v) is 5.56. The molecule has 1 heterocycles. The molecule has 1 aliphatic rings. The Hall–Kier alpha value is -0.940. The molecule has 0 amide bonds. The first-order chi connectivity index (χ1) is 7.58. The monoisotopic (exact) mass is 240 g/mol. The lowest BCUT2D eigenvalue weighted by Gasteiger charge is -2.12. The molecule has 5 heteroatoms. The molecule has 1 atom stereocenters. The van der Waals surface area contributed by atoms with Crippen LogP contribution >= 0.6 is 11.3 Å². The van der Waals surface area contributed by atoms with Gasteiger partial charge in [0.15, 0.2) is 0 Å². The van der Waals surface area contributed by atoms with Crippen LogP contribution < -0.4 is 5.32 Å². The van der Waals surface area contributed by atoms with Gasteiger partial charge in [-0.05, 0) is 32.6 Å². The maximum absolute atomic E-state index is 11.0. The van der Waals surface area contributed by atoms with Gasteiger partial charge in [0.25, 0.3) is 0 Å². The van der Waals surface area contributed by atoms with Gasteiger partial charge in [0, 0.05) is 11.4 Å². The first-order valence-corrected chi connectivity index (χ1v) is 6.28. The number of aliphatic carboxylic acids is 1. The number of carboxylic acid groups (broad SMARTS) is 1. The molecule has 2 rings (SSSR count). The average Bonchev–Trinajstić information content (AvgIpc) is 2.94. The summed E-state index contributed by atoms with van der Waals surface area (Å²) in [5.41, 5.74) is 1.01. The zero-order valence-electron chi connectivity index (χ0n) is 9.49. The van der Waals surface area contributed by atoms with Gasteiger partial charge >= 0.3 is 5.97 Å². The number of aromatic nitrogens is 1. The number of carboxylic acids is 1. The fraction of sp³-hybridized carbons (Fsp3) is 0.636. The highest BCUT2D eigenvalue weighted by atomic mass is 32.1. The first kappa shape index (κ1) is 11.5. The molecule has 0 bridgehead atoms. The number of nitrogens with zero attached hydrogens (tertiary/aromatic N) is 1. The summed E-state index contributed by atoms with van der Waals surface area (Å²) in [6.45, 7) is 4.55. The molecule has 0 radical (unpaired) electrons. The Morgan fingerprint density at radius 2 is 2.31 bits per heavy atom. The Labute approximate surface area is 98.7 Å². The van der Waals surface area contributed by atoms with E-state index in [1.54, 1.807) is 11.3 Å². The first-order valence-electron chi connectivity index (χ1n) is 5.47. The lowest BCUT2D eigenvalue weighted by atomic mass is 10.2. The molecule has 4 nitrogen and oxygen atoms in total. The number of nitrogens with one attached hydrogen (secondary N) is 1. The number of hydrogen-bond acceptors (Lipinski definition) is 4. The fourth-order valence-corrected chi connectivity index (χ4v) is 2.71. The highest BCUT2D eigenvalue weighted by Crippen LogP contribution is 2.33. The average molecular weight is 240 g/mol. The van der Waals surface area contributed by atoms with Crippen molar-refractivity contribution in [3.8, 4) is 0 Å². The van der Waals surface area contributed by atoms with Crippen molar-refractivity contribution >= 4 is 17.3 Å². The van der Waals surface area contributed by atoms with Crippen LogP contribution in [-0.4, -0.2) is 22.1 Å². The molecular weight excluding hydrogens is 224 g/mol. The number of carbonyl (C=O) groups is 1. The summed E-state index contributed by atoms with van der Waals surface area (Å²) < 4.78 is 0. The summed E-state index contributed by atoms with van der Waals surface area (Å²) in [4.78, 5) is 16.5. The maximum Gasteiger partial charge on any atom is 0.320 e. The third-order valence-electron chi connectivity index (χ3n) is 2.84. The van der Waals surface area contributed by atoms with E-state index < -0.39 is 5.97 Å². The van der Waals surface area contributed by atoms with E-state index >= 15 is 0 Å². The molecule has 1 unspecified atom stereocenters. The van der Waals surface area contributed by atoms with Crippen LogP contribution in [0.5, 0.6) is 0 Å². The molecule has 1 aromatic rings. The van der Waals surface area contributed by atoms with Crippen LogP contribution in [0.3, 0.4) is 0 Å². The molecule has 16 heavy (non-hydrogen) atoms. The summed E-state index contributed by atoms with van der Waals surface area (Å²) in [6.07, 6.45) is 2.06. The molecule has 1 aliphatic carbocycles. The van der Waals surface area contributed by atoms with Gasteiger partial charge in [-0.15, -0.1) is 11.3 Å². The normalized spacial score (nSPS) is 17.4. The largest absolute Gasteiger partial charge is 0.480 e. The van der Waals surface area contributed by atoms with Crippen molar-refractivity contribution in [3.63, 3.8) is 0 Å². The van der Waals surface area contributed by atoms with Crippen molar-refractivity contribution in [2.75, 3.05) is 0 Å². The zero-order valence-corrected chi connectivity index (χ0v) is 10.3. The number of hydrogen-bond donors (Lipinski definition) is 2. The Morgan fingerprint density at radius 1 is 1.62 bits per heavy atom. The summed E-state index contributed by atoms with van der Waals surface area (Å²) in [5, 5.41) is 13.2. The second-order valence-electron chi connectivity index (χ2n) is 4.28. The van der Waals surface area contributed by atoms with Crippen molar-refractivity contribution < 1.29 is 9.90 Å². The molecule has 88 valence electrons. The van der Waals surface area contributed by atoms with Crippen LogP contribution in [0.4, 0.5) is 0 Å². The minimum Gasteiger partial charge on any atom is -0.480 e. The SMILES string of the molecule is Cc1nc(C)c(CNC(C(=O)O)C2CC2)s1. The molecule has 0 aromatic carbocycles. The standard InChI is InChI=1S/C11H16N2O2S/c1-6-9(16-7(2)13-6)5-12-10(11(14)15)8-3-4-8/h8,10,12H,3-5H2,1-2H3,(H,14,15). The lowest BCUT2D eigenvalue weighted by molar-refractivity contribution is -0.140. The highest BCUT2D eigenvalue weighted by Gasteiger charge is 2.35. The van der Waals surface area contributed by atoms with E-state index in [1.165, 1.54) is 0 Å². The van der Waals surface area contributed by atoms with Crippen molar-refractivity contribution in [1.29, 1.82) is 0 Å². The Bertz CT molecular complexity index is 399. The van der Waals surface area contributed by atoms with Crippen LogP contribution in [0, 0.1) is 19.8 Å².